The van der Waals surface area contributed by atoms with Crippen molar-refractivity contribution in [2.24, 2.45) is 11.0 Å². The molecule has 0 heterocycles. The van der Waals surface area contributed by atoms with Crippen LogP contribution in [0.3, 0.4) is 0 Å². The van der Waals surface area contributed by atoms with E-state index in [0.717, 1.165) is 0 Å². The minimum absolute atomic E-state index is 0.0103. The lowest BCUT2D eigenvalue weighted by Crippen LogP contribution is -2.24. The third-order valence-corrected chi connectivity index (χ3v) is 1.66. The summed E-state index contributed by atoms with van der Waals surface area (Å²) in [4.78, 5) is 2.65. The summed E-state index contributed by atoms with van der Waals surface area (Å²) in [7, 11) is 0. The number of aliphatic hydroxyl groups excluding tert-OH is 1. The molecular formula is C8H14N4O. The van der Waals surface area contributed by atoms with Gasteiger partial charge in [-0.2, -0.15) is 5.26 Å². The minimum atomic E-state index is -0.844. The zero-order chi connectivity index (χ0) is 10.3. The molecule has 0 amide bonds. The second-order valence-corrected chi connectivity index (χ2v) is 3.33. The molecular weight excluding hydrogens is 168 g/mol. The van der Waals surface area contributed by atoms with Gasteiger partial charge in [-0.15, -0.1) is 0 Å². The van der Waals surface area contributed by atoms with Crippen molar-refractivity contribution in [2.75, 3.05) is 0 Å². The van der Waals surface area contributed by atoms with Gasteiger partial charge in [0.25, 0.3) is 0 Å². The molecule has 5 nitrogen and oxygen atoms in total. The van der Waals surface area contributed by atoms with Crippen molar-refractivity contribution in [1.82, 2.24) is 0 Å². The Kier molecular flexibility index (Phi) is 5.69. The van der Waals surface area contributed by atoms with Crippen LogP contribution in [0.1, 0.15) is 26.7 Å². The van der Waals surface area contributed by atoms with Crippen LogP contribution in [-0.4, -0.2) is 17.3 Å². The highest BCUT2D eigenvalue weighted by Crippen LogP contribution is 2.14. The molecule has 5 heteroatoms. The van der Waals surface area contributed by atoms with Gasteiger partial charge in [-0.25, -0.2) is 0 Å². The highest BCUT2D eigenvalue weighted by molar-refractivity contribution is 4.85. The first kappa shape index (κ1) is 11.8. The van der Waals surface area contributed by atoms with E-state index in [0.29, 0.717) is 12.3 Å². The molecule has 2 atom stereocenters. The van der Waals surface area contributed by atoms with Gasteiger partial charge in [0.15, 0.2) is 0 Å². The normalized spacial score (nSPS) is 14.4. The number of nitriles is 1. The van der Waals surface area contributed by atoms with Gasteiger partial charge in [-0.3, -0.25) is 0 Å². The summed E-state index contributed by atoms with van der Waals surface area (Å²) in [5, 5.41) is 21.2. The first-order chi connectivity index (χ1) is 6.11. The zero-order valence-electron chi connectivity index (χ0n) is 7.88. The summed E-state index contributed by atoms with van der Waals surface area (Å²) in [6.07, 6.45) is -0.230. The second-order valence-electron chi connectivity index (χ2n) is 3.33. The Balaban J connectivity index is 4.24. The molecule has 0 radical (unpaired) electrons. The first-order valence-corrected chi connectivity index (χ1v) is 4.21. The fraction of sp³-hybridized carbons (Fsp3) is 0.875. The summed E-state index contributed by atoms with van der Waals surface area (Å²) in [6.45, 7) is 3.94. The molecule has 0 aliphatic rings. The molecule has 0 fully saturated rings. The van der Waals surface area contributed by atoms with Crippen LogP contribution in [0.4, 0.5) is 0 Å². The number of azide groups is 1. The fourth-order valence-electron chi connectivity index (χ4n) is 1.06. The van der Waals surface area contributed by atoms with E-state index in [1.807, 2.05) is 19.9 Å². The van der Waals surface area contributed by atoms with E-state index in [4.69, 9.17) is 10.8 Å². The maximum atomic E-state index is 9.40. The monoisotopic (exact) mass is 182 g/mol. The van der Waals surface area contributed by atoms with Crippen LogP contribution < -0.4 is 0 Å². The minimum Gasteiger partial charge on any atom is -0.392 e. The van der Waals surface area contributed by atoms with Crippen LogP contribution in [0.15, 0.2) is 5.11 Å². The number of aliphatic hydroxyl groups is 1. The summed E-state index contributed by atoms with van der Waals surface area (Å²) >= 11 is 0. The largest absolute Gasteiger partial charge is 0.392 e. The van der Waals surface area contributed by atoms with Gasteiger partial charge in [0.05, 0.1) is 24.6 Å². The molecule has 0 rings (SSSR count). The van der Waals surface area contributed by atoms with Crippen LogP contribution in [0, 0.1) is 17.2 Å². The third kappa shape index (κ3) is 5.07. The van der Waals surface area contributed by atoms with Gasteiger partial charge in [0.1, 0.15) is 0 Å². The molecule has 72 valence electrons. The van der Waals surface area contributed by atoms with Crippen LogP contribution in [-0.2, 0) is 0 Å². The SMILES string of the molecule is CC(C)C[C@H](N=[N+]=[N-])[C@H](O)CC#N. The molecule has 0 aromatic heterocycles. The number of hydrogen-bond donors (Lipinski definition) is 1. The van der Waals surface area contributed by atoms with E-state index in [9.17, 15) is 5.11 Å². The second kappa shape index (κ2) is 6.30. The van der Waals surface area contributed by atoms with Crippen LogP contribution in [0.2, 0.25) is 0 Å². The van der Waals surface area contributed by atoms with Gasteiger partial charge in [0.2, 0.25) is 0 Å². The van der Waals surface area contributed by atoms with Crippen molar-refractivity contribution in [3.63, 3.8) is 0 Å². The molecule has 0 aromatic carbocycles. The van der Waals surface area contributed by atoms with Crippen molar-refractivity contribution in [2.45, 2.75) is 38.8 Å². The number of hydrogen-bond acceptors (Lipinski definition) is 3. The maximum absolute atomic E-state index is 9.40. The Labute approximate surface area is 77.6 Å². The number of rotatable bonds is 5. The topological polar surface area (TPSA) is 92.8 Å². The zero-order valence-corrected chi connectivity index (χ0v) is 7.88. The Morgan fingerprint density at radius 3 is 2.62 bits per heavy atom. The first-order valence-electron chi connectivity index (χ1n) is 4.21. The van der Waals surface area contributed by atoms with Crippen molar-refractivity contribution in [1.29, 1.82) is 5.26 Å². The standard InChI is InChI=1S/C8H14N4O/c1-6(2)5-7(11-12-10)8(13)3-4-9/h6-8,13H,3,5H2,1-2H3/t7-,8+/m0/s1. The van der Waals surface area contributed by atoms with E-state index in [1.165, 1.54) is 0 Å². The summed E-state index contributed by atoms with van der Waals surface area (Å²) in [5.41, 5.74) is 8.23. The van der Waals surface area contributed by atoms with E-state index >= 15 is 0 Å². The summed E-state index contributed by atoms with van der Waals surface area (Å²) < 4.78 is 0. The van der Waals surface area contributed by atoms with Crippen molar-refractivity contribution >= 4 is 0 Å². The molecule has 0 saturated carbocycles. The average Bonchev–Trinajstić information content (AvgIpc) is 2.03. The number of nitrogens with zero attached hydrogens (tertiary/aromatic N) is 4. The fourth-order valence-corrected chi connectivity index (χ4v) is 1.06. The highest BCUT2D eigenvalue weighted by Gasteiger charge is 2.18. The molecule has 13 heavy (non-hydrogen) atoms. The maximum Gasteiger partial charge on any atom is 0.0754 e. The molecule has 1 N–H and O–H groups in total. The molecule has 0 aliphatic heterocycles. The molecule has 0 bridgehead atoms. The van der Waals surface area contributed by atoms with E-state index in [2.05, 4.69) is 10.0 Å². The van der Waals surface area contributed by atoms with Crippen molar-refractivity contribution in [3.05, 3.63) is 10.4 Å². The highest BCUT2D eigenvalue weighted by atomic mass is 16.3. The Morgan fingerprint density at radius 1 is 1.62 bits per heavy atom. The van der Waals surface area contributed by atoms with Crippen LogP contribution >= 0.6 is 0 Å². The Bertz CT molecular complexity index is 227. The van der Waals surface area contributed by atoms with Crippen molar-refractivity contribution < 1.29 is 5.11 Å². The molecule has 0 aliphatic carbocycles. The lowest BCUT2D eigenvalue weighted by molar-refractivity contribution is 0.139. The summed E-state index contributed by atoms with van der Waals surface area (Å²) in [5.74, 6) is 0.337. The lowest BCUT2D eigenvalue weighted by Gasteiger charge is -2.17. The third-order valence-electron chi connectivity index (χ3n) is 1.66. The molecule has 0 unspecified atom stereocenters. The average molecular weight is 182 g/mol. The van der Waals surface area contributed by atoms with Gasteiger partial charge < -0.3 is 5.11 Å². The molecule has 0 saturated heterocycles. The molecule has 0 spiro atoms. The van der Waals surface area contributed by atoms with Gasteiger partial charge in [0, 0.05) is 4.91 Å². The summed E-state index contributed by atoms with van der Waals surface area (Å²) in [6, 6.07) is 1.36. The lowest BCUT2D eigenvalue weighted by atomic mass is 9.98. The Hall–Kier alpha value is -1.24. The van der Waals surface area contributed by atoms with Crippen molar-refractivity contribution in [3.8, 4) is 6.07 Å². The van der Waals surface area contributed by atoms with Crippen LogP contribution in [0.5, 0.6) is 0 Å². The quantitative estimate of drug-likeness (QED) is 0.400. The van der Waals surface area contributed by atoms with E-state index in [1.54, 1.807) is 0 Å². The van der Waals surface area contributed by atoms with Crippen LogP contribution in [0.25, 0.3) is 10.4 Å². The predicted octanol–water partition coefficient (Wildman–Crippen LogP) is 1.99. The van der Waals surface area contributed by atoms with Gasteiger partial charge in [-0.05, 0) is 17.9 Å². The smallest absolute Gasteiger partial charge is 0.0754 e. The predicted molar refractivity (Wildman–Crippen MR) is 48.6 cm³/mol. The Morgan fingerprint density at radius 2 is 2.23 bits per heavy atom. The van der Waals surface area contributed by atoms with Gasteiger partial charge >= 0.3 is 0 Å². The van der Waals surface area contributed by atoms with E-state index < -0.39 is 12.1 Å². The van der Waals surface area contributed by atoms with E-state index in [-0.39, 0.29) is 6.42 Å². The molecule has 0 aromatic rings. The van der Waals surface area contributed by atoms with Gasteiger partial charge in [-0.1, -0.05) is 19.0 Å².